The normalized spacial score (nSPS) is 11.7. The first kappa shape index (κ1) is 16.4. The van der Waals surface area contributed by atoms with Crippen LogP contribution >= 0.6 is 0 Å². The highest BCUT2D eigenvalue weighted by molar-refractivity contribution is 7.90. The van der Waals surface area contributed by atoms with E-state index in [1.807, 2.05) is 72.8 Å². The molecule has 4 rings (SSSR count). The van der Waals surface area contributed by atoms with Crippen LogP contribution in [0.4, 0.5) is 0 Å². The fourth-order valence-electron chi connectivity index (χ4n) is 2.89. The Labute approximate surface area is 151 Å². The highest BCUT2D eigenvalue weighted by atomic mass is 32.2. The van der Waals surface area contributed by atoms with Crippen molar-refractivity contribution in [1.29, 1.82) is 0 Å². The number of benzene rings is 3. The maximum absolute atomic E-state index is 12.8. The number of tetrazole rings is 1. The summed E-state index contributed by atoms with van der Waals surface area (Å²) in [6, 6.07) is 23.0. The maximum Gasteiger partial charge on any atom is 0.268 e. The molecule has 26 heavy (non-hydrogen) atoms. The number of hydrogen-bond donors (Lipinski definition) is 0. The fraction of sp³-hybridized carbons (Fsp3) is 0.105. The van der Waals surface area contributed by atoms with Crippen LogP contribution in [-0.4, -0.2) is 28.6 Å². The lowest BCUT2D eigenvalue weighted by Gasteiger charge is -2.07. The molecule has 7 heteroatoms. The lowest BCUT2D eigenvalue weighted by molar-refractivity contribution is 0.551. The standard InChI is InChI=1S/C19H16N4O2S/c24-26(25,14-16-10-11-17-8-4-5-9-18(17)12-16)19-20-21-22-23(19)13-15-6-2-1-3-7-15/h1-12H,13-14H2. The Morgan fingerprint density at radius 1 is 0.808 bits per heavy atom. The van der Waals surface area contributed by atoms with Gasteiger partial charge in [-0.25, -0.2) is 13.1 Å². The van der Waals surface area contributed by atoms with Crippen LogP contribution in [0.1, 0.15) is 11.1 Å². The van der Waals surface area contributed by atoms with Crippen LogP contribution < -0.4 is 0 Å². The van der Waals surface area contributed by atoms with Gasteiger partial charge in [-0.2, -0.15) is 0 Å². The molecule has 1 heterocycles. The molecule has 0 fully saturated rings. The molecule has 3 aromatic carbocycles. The zero-order chi connectivity index (χ0) is 18.0. The van der Waals surface area contributed by atoms with Crippen molar-refractivity contribution in [1.82, 2.24) is 20.2 Å². The van der Waals surface area contributed by atoms with Crippen molar-refractivity contribution in [3.63, 3.8) is 0 Å². The molecule has 6 nitrogen and oxygen atoms in total. The zero-order valence-corrected chi connectivity index (χ0v) is 14.7. The maximum atomic E-state index is 12.8. The second kappa shape index (κ2) is 6.68. The van der Waals surface area contributed by atoms with Gasteiger partial charge in [0.1, 0.15) is 0 Å². The second-order valence-corrected chi connectivity index (χ2v) is 7.93. The lowest BCUT2D eigenvalue weighted by atomic mass is 10.1. The van der Waals surface area contributed by atoms with Gasteiger partial charge in [0.15, 0.2) is 0 Å². The van der Waals surface area contributed by atoms with Gasteiger partial charge in [-0.1, -0.05) is 77.9 Å². The third kappa shape index (κ3) is 3.34. The quantitative estimate of drug-likeness (QED) is 0.544. The van der Waals surface area contributed by atoms with E-state index in [4.69, 9.17) is 0 Å². The first-order chi connectivity index (χ1) is 12.6. The van der Waals surface area contributed by atoms with Crippen molar-refractivity contribution >= 4 is 20.6 Å². The van der Waals surface area contributed by atoms with Gasteiger partial charge in [0.05, 0.1) is 12.3 Å². The van der Waals surface area contributed by atoms with Crippen LogP contribution in [0, 0.1) is 0 Å². The summed E-state index contributed by atoms with van der Waals surface area (Å²) < 4.78 is 27.0. The molecule has 130 valence electrons. The van der Waals surface area contributed by atoms with Crippen molar-refractivity contribution in [3.05, 3.63) is 83.9 Å². The van der Waals surface area contributed by atoms with Crippen molar-refractivity contribution in [2.45, 2.75) is 17.5 Å². The van der Waals surface area contributed by atoms with E-state index in [0.29, 0.717) is 12.1 Å². The van der Waals surface area contributed by atoms with Crippen molar-refractivity contribution in [3.8, 4) is 0 Å². The van der Waals surface area contributed by atoms with Gasteiger partial charge in [-0.05, 0) is 32.3 Å². The molecule has 0 amide bonds. The van der Waals surface area contributed by atoms with E-state index >= 15 is 0 Å². The molecule has 0 spiro atoms. The summed E-state index contributed by atoms with van der Waals surface area (Å²) in [7, 11) is -3.66. The molecule has 0 atom stereocenters. The van der Waals surface area contributed by atoms with Gasteiger partial charge in [-0.15, -0.1) is 0 Å². The molecule has 0 radical (unpaired) electrons. The van der Waals surface area contributed by atoms with Gasteiger partial charge in [0.2, 0.25) is 9.84 Å². The van der Waals surface area contributed by atoms with Crippen LogP contribution in [0.3, 0.4) is 0 Å². The number of hydrogen-bond acceptors (Lipinski definition) is 5. The molecule has 0 unspecified atom stereocenters. The van der Waals surface area contributed by atoms with Crippen LogP contribution in [0.2, 0.25) is 0 Å². The number of nitrogens with zero attached hydrogens (tertiary/aromatic N) is 4. The molecule has 0 saturated carbocycles. The largest absolute Gasteiger partial charge is 0.268 e. The molecular formula is C19H16N4O2S. The van der Waals surface area contributed by atoms with Crippen LogP contribution in [0.25, 0.3) is 10.8 Å². The van der Waals surface area contributed by atoms with Gasteiger partial charge in [0.25, 0.3) is 5.16 Å². The summed E-state index contributed by atoms with van der Waals surface area (Å²) in [5.41, 5.74) is 1.64. The molecular weight excluding hydrogens is 348 g/mol. The van der Waals surface area contributed by atoms with E-state index in [2.05, 4.69) is 15.5 Å². The van der Waals surface area contributed by atoms with E-state index in [-0.39, 0.29) is 10.9 Å². The molecule has 1 aromatic heterocycles. The minimum atomic E-state index is -3.66. The Hall–Kier alpha value is -3.06. The molecule has 0 bridgehead atoms. The fourth-order valence-corrected chi connectivity index (χ4v) is 4.22. The molecule has 4 aromatic rings. The Morgan fingerprint density at radius 2 is 1.54 bits per heavy atom. The zero-order valence-electron chi connectivity index (χ0n) is 13.9. The Kier molecular flexibility index (Phi) is 4.22. The third-order valence-corrected chi connectivity index (χ3v) is 5.69. The lowest BCUT2D eigenvalue weighted by Crippen LogP contribution is -2.14. The predicted octanol–water partition coefficient (Wildman–Crippen LogP) is 2.85. The topological polar surface area (TPSA) is 77.7 Å². The number of rotatable bonds is 5. The number of aromatic nitrogens is 4. The molecule has 0 saturated heterocycles. The van der Waals surface area contributed by atoms with E-state index in [9.17, 15) is 8.42 Å². The highest BCUT2D eigenvalue weighted by Gasteiger charge is 2.23. The van der Waals surface area contributed by atoms with Crippen LogP contribution in [0.15, 0.2) is 78.0 Å². The van der Waals surface area contributed by atoms with Gasteiger partial charge in [-0.3, -0.25) is 0 Å². The average Bonchev–Trinajstić information content (AvgIpc) is 3.11. The van der Waals surface area contributed by atoms with Gasteiger partial charge in [0, 0.05) is 0 Å². The summed E-state index contributed by atoms with van der Waals surface area (Å²) in [5.74, 6) is -0.146. The molecule has 0 aliphatic carbocycles. The minimum Gasteiger partial charge on any atom is -0.220 e. The summed E-state index contributed by atoms with van der Waals surface area (Å²) in [6.07, 6.45) is 0. The van der Waals surface area contributed by atoms with E-state index in [1.54, 1.807) is 0 Å². The smallest absolute Gasteiger partial charge is 0.220 e. The third-order valence-electron chi connectivity index (χ3n) is 4.12. The molecule has 0 N–H and O–H groups in total. The van der Waals surface area contributed by atoms with Crippen molar-refractivity contribution < 1.29 is 8.42 Å². The summed E-state index contributed by atoms with van der Waals surface area (Å²) in [5, 5.41) is 13.1. The first-order valence-corrected chi connectivity index (χ1v) is 9.78. The van der Waals surface area contributed by atoms with E-state index in [1.165, 1.54) is 4.68 Å². The molecule has 0 aliphatic rings. The Balaban J connectivity index is 1.63. The van der Waals surface area contributed by atoms with E-state index in [0.717, 1.165) is 16.3 Å². The Bertz CT molecular complexity index is 1150. The minimum absolute atomic E-state index is 0.116. The van der Waals surface area contributed by atoms with Gasteiger partial charge < -0.3 is 0 Å². The first-order valence-electron chi connectivity index (χ1n) is 8.12. The van der Waals surface area contributed by atoms with Crippen LogP contribution in [-0.2, 0) is 22.1 Å². The monoisotopic (exact) mass is 364 g/mol. The molecule has 0 aliphatic heterocycles. The Morgan fingerprint density at radius 3 is 2.35 bits per heavy atom. The van der Waals surface area contributed by atoms with Crippen molar-refractivity contribution in [2.75, 3.05) is 0 Å². The number of sulfone groups is 1. The summed E-state index contributed by atoms with van der Waals surface area (Å²) >= 11 is 0. The van der Waals surface area contributed by atoms with Crippen molar-refractivity contribution in [2.24, 2.45) is 0 Å². The summed E-state index contributed by atoms with van der Waals surface area (Å²) in [4.78, 5) is 0. The average molecular weight is 364 g/mol. The van der Waals surface area contributed by atoms with Crippen LogP contribution in [0.5, 0.6) is 0 Å². The SMILES string of the molecule is O=S(=O)(Cc1ccc2ccccc2c1)c1nnnn1Cc1ccccc1. The predicted molar refractivity (Wildman–Crippen MR) is 98.2 cm³/mol. The second-order valence-electron chi connectivity index (χ2n) is 6.05. The summed E-state index contributed by atoms with van der Waals surface area (Å²) in [6.45, 7) is 0.306. The van der Waals surface area contributed by atoms with E-state index < -0.39 is 9.84 Å². The highest BCUT2D eigenvalue weighted by Crippen LogP contribution is 2.20. The van der Waals surface area contributed by atoms with Gasteiger partial charge >= 0.3 is 0 Å². The number of fused-ring (bicyclic) bond motifs is 1.